The summed E-state index contributed by atoms with van der Waals surface area (Å²) in [6.07, 6.45) is -0.0830. The molecule has 0 bridgehead atoms. The van der Waals surface area contributed by atoms with Crippen molar-refractivity contribution in [1.82, 2.24) is 20.4 Å². The summed E-state index contributed by atoms with van der Waals surface area (Å²) < 4.78 is 5.86. The largest absolute Gasteiger partial charge is 0.489 e. The number of ether oxygens (including phenoxy) is 1. The number of hydrogen-bond donors (Lipinski definition) is 2. The van der Waals surface area contributed by atoms with E-state index in [0.717, 1.165) is 30.9 Å². The van der Waals surface area contributed by atoms with Gasteiger partial charge >= 0.3 is 6.03 Å². The second-order valence-corrected chi connectivity index (χ2v) is 6.68. The average molecular weight is 334 g/mol. The molecule has 6 nitrogen and oxygen atoms in total. The molecule has 1 aromatic carbocycles. The molecule has 1 heterocycles. The molecule has 6 heteroatoms. The summed E-state index contributed by atoms with van der Waals surface area (Å²) >= 11 is 0. The van der Waals surface area contributed by atoms with Gasteiger partial charge in [0.2, 0.25) is 0 Å². The van der Waals surface area contributed by atoms with Crippen molar-refractivity contribution in [3.63, 3.8) is 0 Å². The minimum Gasteiger partial charge on any atom is -0.489 e. The Balaban J connectivity index is 1.68. The summed E-state index contributed by atoms with van der Waals surface area (Å²) in [5.41, 5.74) is 1.10. The van der Waals surface area contributed by atoms with Gasteiger partial charge in [-0.25, -0.2) is 4.79 Å². The number of urea groups is 1. The van der Waals surface area contributed by atoms with Gasteiger partial charge in [0, 0.05) is 32.2 Å². The monoisotopic (exact) mass is 334 g/mol. The minimum absolute atomic E-state index is 0.0830. The average Bonchev–Trinajstić information content (AvgIpc) is 2.56. The third-order valence-corrected chi connectivity index (χ3v) is 4.45. The minimum atomic E-state index is -0.142. The van der Waals surface area contributed by atoms with E-state index in [0.29, 0.717) is 19.1 Å². The van der Waals surface area contributed by atoms with Crippen molar-refractivity contribution in [3.8, 4) is 5.75 Å². The van der Waals surface area contributed by atoms with Crippen molar-refractivity contribution in [2.24, 2.45) is 0 Å². The number of carbonyl (C=O) groups excluding carboxylic acids is 1. The molecule has 2 rings (SSSR count). The van der Waals surface area contributed by atoms with Crippen molar-refractivity contribution in [3.05, 3.63) is 29.8 Å². The Bertz CT molecular complexity index is 538. The fraction of sp³-hybridized carbons (Fsp3) is 0.611. The molecule has 2 N–H and O–H groups in total. The maximum atomic E-state index is 12.0. The number of para-hydroxylation sites is 1. The lowest BCUT2D eigenvalue weighted by Crippen LogP contribution is -2.55. The molecule has 0 aliphatic carbocycles. The van der Waals surface area contributed by atoms with Crippen LogP contribution in [0.5, 0.6) is 5.75 Å². The highest BCUT2D eigenvalue weighted by atomic mass is 16.5. The summed E-state index contributed by atoms with van der Waals surface area (Å²) in [4.78, 5) is 16.6. The summed E-state index contributed by atoms with van der Waals surface area (Å²) in [6.45, 7) is 8.18. The van der Waals surface area contributed by atoms with Crippen LogP contribution in [0.4, 0.5) is 4.79 Å². The SMILES string of the molecule is Cc1ccccc1O[C@@H](C)CNC(=O)NC[C@@H]1CN(C)CCN1C. The van der Waals surface area contributed by atoms with E-state index in [1.165, 1.54) is 0 Å². The Kier molecular flexibility index (Phi) is 6.87. The van der Waals surface area contributed by atoms with E-state index in [4.69, 9.17) is 4.74 Å². The zero-order chi connectivity index (χ0) is 17.5. The lowest BCUT2D eigenvalue weighted by molar-refractivity contribution is 0.114. The van der Waals surface area contributed by atoms with Crippen LogP contribution in [0.1, 0.15) is 12.5 Å². The van der Waals surface area contributed by atoms with E-state index in [1.807, 2.05) is 38.1 Å². The van der Waals surface area contributed by atoms with E-state index >= 15 is 0 Å². The molecular weight excluding hydrogens is 304 g/mol. The zero-order valence-corrected chi connectivity index (χ0v) is 15.2. The fourth-order valence-corrected chi connectivity index (χ4v) is 2.78. The number of nitrogens with one attached hydrogen (secondary N) is 2. The molecule has 0 radical (unpaired) electrons. The molecule has 0 aromatic heterocycles. The number of rotatable bonds is 6. The van der Waals surface area contributed by atoms with Gasteiger partial charge in [-0.15, -0.1) is 0 Å². The molecule has 134 valence electrons. The Morgan fingerprint density at radius 1 is 1.29 bits per heavy atom. The number of hydrogen-bond acceptors (Lipinski definition) is 4. The van der Waals surface area contributed by atoms with Gasteiger partial charge in [0.25, 0.3) is 0 Å². The molecule has 2 atom stereocenters. The number of amides is 2. The second kappa shape index (κ2) is 8.89. The maximum Gasteiger partial charge on any atom is 0.314 e. The first-order valence-corrected chi connectivity index (χ1v) is 8.58. The van der Waals surface area contributed by atoms with Crippen molar-refractivity contribution in [2.45, 2.75) is 26.0 Å². The summed E-state index contributed by atoms with van der Waals surface area (Å²) in [7, 11) is 4.22. The molecule has 0 unspecified atom stereocenters. The number of nitrogens with zero attached hydrogens (tertiary/aromatic N) is 2. The topological polar surface area (TPSA) is 56.8 Å². The molecule has 24 heavy (non-hydrogen) atoms. The highest BCUT2D eigenvalue weighted by Gasteiger charge is 2.22. The van der Waals surface area contributed by atoms with Crippen LogP contribution >= 0.6 is 0 Å². The highest BCUT2D eigenvalue weighted by Crippen LogP contribution is 2.17. The van der Waals surface area contributed by atoms with E-state index in [1.54, 1.807) is 0 Å². The normalized spacial score (nSPS) is 20.4. The third kappa shape index (κ3) is 5.69. The Hall–Kier alpha value is -1.79. The first-order valence-electron chi connectivity index (χ1n) is 8.58. The maximum absolute atomic E-state index is 12.0. The molecule has 0 spiro atoms. The zero-order valence-electron chi connectivity index (χ0n) is 15.2. The van der Waals surface area contributed by atoms with Gasteiger partial charge in [-0.05, 0) is 39.6 Å². The predicted molar refractivity (Wildman–Crippen MR) is 96.6 cm³/mol. The van der Waals surface area contributed by atoms with Gasteiger partial charge in [-0.3, -0.25) is 4.90 Å². The Labute approximate surface area is 145 Å². The van der Waals surface area contributed by atoms with Crippen molar-refractivity contribution >= 4 is 6.03 Å². The Morgan fingerprint density at radius 3 is 2.79 bits per heavy atom. The standard InChI is InChI=1S/C18H30N4O2/c1-14-7-5-6-8-17(14)24-15(2)11-19-18(23)20-12-16-13-21(3)9-10-22(16)4/h5-8,15-16H,9-13H2,1-4H3,(H2,19,20,23)/t15-,16+/m0/s1. The lowest BCUT2D eigenvalue weighted by atomic mass is 10.2. The lowest BCUT2D eigenvalue weighted by Gasteiger charge is -2.37. The second-order valence-electron chi connectivity index (χ2n) is 6.68. The highest BCUT2D eigenvalue weighted by molar-refractivity contribution is 5.73. The summed E-state index contributed by atoms with van der Waals surface area (Å²) in [5, 5.41) is 5.84. The Morgan fingerprint density at radius 2 is 2.04 bits per heavy atom. The molecule has 1 aliphatic rings. The number of carbonyl (C=O) groups is 1. The molecular formula is C18H30N4O2. The third-order valence-electron chi connectivity index (χ3n) is 4.45. The molecule has 0 saturated carbocycles. The molecule has 1 saturated heterocycles. The first-order chi connectivity index (χ1) is 11.5. The van der Waals surface area contributed by atoms with Gasteiger partial charge in [0.15, 0.2) is 0 Å². The first kappa shape index (κ1) is 18.5. The van der Waals surface area contributed by atoms with Crippen LogP contribution in [0, 0.1) is 6.92 Å². The van der Waals surface area contributed by atoms with Gasteiger partial charge in [0.1, 0.15) is 11.9 Å². The summed E-state index contributed by atoms with van der Waals surface area (Å²) in [6, 6.07) is 8.11. The van der Waals surface area contributed by atoms with Crippen molar-refractivity contribution in [1.29, 1.82) is 0 Å². The van der Waals surface area contributed by atoms with E-state index in [9.17, 15) is 4.79 Å². The molecule has 2 amide bonds. The van der Waals surface area contributed by atoms with Gasteiger partial charge < -0.3 is 20.3 Å². The van der Waals surface area contributed by atoms with Crippen LogP contribution in [0.15, 0.2) is 24.3 Å². The van der Waals surface area contributed by atoms with Crippen molar-refractivity contribution in [2.75, 3.05) is 46.8 Å². The van der Waals surface area contributed by atoms with E-state index in [-0.39, 0.29) is 12.1 Å². The smallest absolute Gasteiger partial charge is 0.314 e. The molecule has 1 aromatic rings. The van der Waals surface area contributed by atoms with Crippen LogP contribution in [-0.2, 0) is 0 Å². The molecule has 1 aliphatic heterocycles. The van der Waals surface area contributed by atoms with Crippen LogP contribution in [0.3, 0.4) is 0 Å². The van der Waals surface area contributed by atoms with Crippen LogP contribution in [0.2, 0.25) is 0 Å². The van der Waals surface area contributed by atoms with Gasteiger partial charge in [-0.1, -0.05) is 18.2 Å². The quantitative estimate of drug-likeness (QED) is 0.824. The van der Waals surface area contributed by atoms with Crippen LogP contribution in [0.25, 0.3) is 0 Å². The summed E-state index contributed by atoms with van der Waals surface area (Å²) in [5.74, 6) is 0.860. The van der Waals surface area contributed by atoms with Gasteiger partial charge in [-0.2, -0.15) is 0 Å². The number of likely N-dealkylation sites (N-methyl/N-ethyl adjacent to an activating group) is 2. The van der Waals surface area contributed by atoms with Gasteiger partial charge in [0.05, 0.1) is 6.54 Å². The van der Waals surface area contributed by atoms with Crippen molar-refractivity contribution < 1.29 is 9.53 Å². The van der Waals surface area contributed by atoms with Crippen LogP contribution < -0.4 is 15.4 Å². The fourth-order valence-electron chi connectivity index (χ4n) is 2.78. The van der Waals surface area contributed by atoms with E-state index < -0.39 is 0 Å². The number of aryl methyl sites for hydroxylation is 1. The number of benzene rings is 1. The van der Waals surface area contributed by atoms with Crippen LogP contribution in [-0.4, -0.2) is 74.8 Å². The molecule has 1 fully saturated rings. The number of piperazine rings is 1. The van der Waals surface area contributed by atoms with E-state index in [2.05, 4.69) is 34.5 Å². The predicted octanol–water partition coefficient (Wildman–Crippen LogP) is 1.31.